The molecular weight excluding hydrogens is 252 g/mol. The van der Waals surface area contributed by atoms with Crippen LogP contribution in [0.5, 0.6) is 0 Å². The second kappa shape index (κ2) is 5.83. The Morgan fingerprint density at radius 1 is 1.05 bits per heavy atom. The predicted molar refractivity (Wildman–Crippen MR) is 80.6 cm³/mol. The number of nitrogens with zero attached hydrogens (tertiary/aromatic N) is 3. The van der Waals surface area contributed by atoms with Gasteiger partial charge in [0.15, 0.2) is 0 Å². The molecule has 0 aliphatic rings. The van der Waals surface area contributed by atoms with Gasteiger partial charge in [-0.25, -0.2) is 0 Å². The lowest BCUT2D eigenvalue weighted by atomic mass is 10.1. The van der Waals surface area contributed by atoms with Gasteiger partial charge in [0.25, 0.3) is 0 Å². The maximum Gasteiger partial charge on any atom is 0.232 e. The van der Waals surface area contributed by atoms with Crippen molar-refractivity contribution in [3.63, 3.8) is 0 Å². The summed E-state index contributed by atoms with van der Waals surface area (Å²) in [7, 11) is 0. The van der Waals surface area contributed by atoms with Crippen molar-refractivity contribution in [2.75, 3.05) is 11.1 Å². The number of aromatic nitrogens is 3. The van der Waals surface area contributed by atoms with Gasteiger partial charge in [-0.2, -0.15) is 15.0 Å². The van der Waals surface area contributed by atoms with Crippen LogP contribution in [-0.2, 0) is 6.54 Å². The molecule has 4 N–H and O–H groups in total. The molecule has 20 heavy (non-hydrogen) atoms. The fourth-order valence-electron chi connectivity index (χ4n) is 1.57. The standard InChI is InChI=1S/C14H20N6/c1-14(2,3)16-9-11-18-12(15)20-13(19-11)17-10-7-5-4-6-8-10/h4-8,16H,9H2,1-3H3,(H3,15,17,18,19,20). The van der Waals surface area contributed by atoms with E-state index in [1.54, 1.807) is 0 Å². The summed E-state index contributed by atoms with van der Waals surface area (Å²) in [6.07, 6.45) is 0. The predicted octanol–water partition coefficient (Wildman–Crippen LogP) is 2.09. The quantitative estimate of drug-likeness (QED) is 0.789. The number of hydrogen-bond donors (Lipinski definition) is 3. The molecule has 6 heteroatoms. The zero-order chi connectivity index (χ0) is 14.6. The van der Waals surface area contributed by atoms with Crippen LogP contribution >= 0.6 is 0 Å². The van der Waals surface area contributed by atoms with Crippen LogP contribution in [0.3, 0.4) is 0 Å². The molecule has 0 aliphatic carbocycles. The maximum atomic E-state index is 5.72. The first kappa shape index (κ1) is 14.2. The lowest BCUT2D eigenvalue weighted by molar-refractivity contribution is 0.417. The first-order valence-electron chi connectivity index (χ1n) is 6.50. The molecule has 0 atom stereocenters. The van der Waals surface area contributed by atoms with Gasteiger partial charge >= 0.3 is 0 Å². The van der Waals surface area contributed by atoms with Crippen LogP contribution in [0, 0.1) is 0 Å². The Labute approximate surface area is 118 Å². The molecule has 0 amide bonds. The van der Waals surface area contributed by atoms with Gasteiger partial charge in [-0.15, -0.1) is 0 Å². The Bertz CT molecular complexity index is 562. The van der Waals surface area contributed by atoms with Crippen molar-refractivity contribution < 1.29 is 0 Å². The van der Waals surface area contributed by atoms with E-state index in [9.17, 15) is 0 Å². The molecule has 0 bridgehead atoms. The normalized spacial score (nSPS) is 11.3. The third-order valence-electron chi connectivity index (χ3n) is 2.51. The van der Waals surface area contributed by atoms with Gasteiger partial charge in [0.2, 0.25) is 11.9 Å². The van der Waals surface area contributed by atoms with Crippen molar-refractivity contribution in [3.8, 4) is 0 Å². The van der Waals surface area contributed by atoms with E-state index in [4.69, 9.17) is 5.73 Å². The molecule has 0 spiro atoms. The van der Waals surface area contributed by atoms with Crippen molar-refractivity contribution in [1.82, 2.24) is 20.3 Å². The third-order valence-corrected chi connectivity index (χ3v) is 2.51. The summed E-state index contributed by atoms with van der Waals surface area (Å²) < 4.78 is 0. The van der Waals surface area contributed by atoms with Gasteiger partial charge in [0, 0.05) is 11.2 Å². The van der Waals surface area contributed by atoms with Gasteiger partial charge in [-0.3, -0.25) is 0 Å². The fraction of sp³-hybridized carbons (Fsp3) is 0.357. The second-order valence-electron chi connectivity index (χ2n) is 5.53. The summed E-state index contributed by atoms with van der Waals surface area (Å²) in [6, 6.07) is 9.70. The highest BCUT2D eigenvalue weighted by Gasteiger charge is 2.11. The Morgan fingerprint density at radius 3 is 2.40 bits per heavy atom. The van der Waals surface area contributed by atoms with Gasteiger partial charge in [-0.1, -0.05) is 18.2 Å². The van der Waals surface area contributed by atoms with Crippen molar-refractivity contribution in [2.45, 2.75) is 32.9 Å². The number of nitrogen functional groups attached to an aromatic ring is 1. The number of nitrogens with two attached hydrogens (primary N) is 1. The smallest absolute Gasteiger partial charge is 0.232 e. The van der Waals surface area contributed by atoms with E-state index in [2.05, 4.69) is 46.4 Å². The average molecular weight is 272 g/mol. The van der Waals surface area contributed by atoms with Gasteiger partial charge in [0.05, 0.1) is 6.54 Å². The van der Waals surface area contributed by atoms with Crippen LogP contribution in [0.15, 0.2) is 30.3 Å². The molecule has 0 radical (unpaired) electrons. The summed E-state index contributed by atoms with van der Waals surface area (Å²) in [5, 5.41) is 6.43. The summed E-state index contributed by atoms with van der Waals surface area (Å²) in [6.45, 7) is 6.79. The van der Waals surface area contributed by atoms with Crippen molar-refractivity contribution in [2.24, 2.45) is 0 Å². The highest BCUT2D eigenvalue weighted by Crippen LogP contribution is 2.12. The zero-order valence-corrected chi connectivity index (χ0v) is 12.0. The van der Waals surface area contributed by atoms with E-state index in [1.807, 2.05) is 30.3 Å². The van der Waals surface area contributed by atoms with Crippen LogP contribution in [0.4, 0.5) is 17.6 Å². The molecule has 1 aromatic heterocycles. The molecule has 1 aromatic carbocycles. The molecule has 0 saturated heterocycles. The van der Waals surface area contributed by atoms with E-state index >= 15 is 0 Å². The summed E-state index contributed by atoms with van der Waals surface area (Å²) in [5.74, 6) is 1.28. The largest absolute Gasteiger partial charge is 0.368 e. The minimum Gasteiger partial charge on any atom is -0.368 e. The first-order chi connectivity index (χ1) is 9.42. The van der Waals surface area contributed by atoms with Crippen LogP contribution in [0.1, 0.15) is 26.6 Å². The van der Waals surface area contributed by atoms with E-state index in [-0.39, 0.29) is 11.5 Å². The monoisotopic (exact) mass is 272 g/mol. The molecule has 2 rings (SSSR count). The zero-order valence-electron chi connectivity index (χ0n) is 12.0. The molecule has 106 valence electrons. The number of benzene rings is 1. The number of rotatable bonds is 4. The molecule has 0 saturated carbocycles. The number of nitrogens with one attached hydrogen (secondary N) is 2. The summed E-state index contributed by atoms with van der Waals surface area (Å²) in [5.41, 5.74) is 6.63. The van der Waals surface area contributed by atoms with Crippen LogP contribution < -0.4 is 16.4 Å². The molecule has 0 unspecified atom stereocenters. The van der Waals surface area contributed by atoms with Gasteiger partial charge < -0.3 is 16.4 Å². The van der Waals surface area contributed by atoms with E-state index in [1.165, 1.54) is 0 Å². The van der Waals surface area contributed by atoms with Crippen molar-refractivity contribution in [3.05, 3.63) is 36.2 Å². The SMILES string of the molecule is CC(C)(C)NCc1nc(N)nc(Nc2ccccc2)n1. The number of anilines is 3. The minimum atomic E-state index is -0.00554. The highest BCUT2D eigenvalue weighted by atomic mass is 15.2. The minimum absolute atomic E-state index is 0.00554. The van der Waals surface area contributed by atoms with Gasteiger partial charge in [-0.05, 0) is 32.9 Å². The lowest BCUT2D eigenvalue weighted by Gasteiger charge is -2.19. The molecular formula is C14H20N6. The maximum absolute atomic E-state index is 5.72. The first-order valence-corrected chi connectivity index (χ1v) is 6.50. The highest BCUT2D eigenvalue weighted by molar-refractivity contribution is 5.53. The lowest BCUT2D eigenvalue weighted by Crippen LogP contribution is -2.35. The Balaban J connectivity index is 2.12. The summed E-state index contributed by atoms with van der Waals surface area (Å²) >= 11 is 0. The Morgan fingerprint density at radius 2 is 1.75 bits per heavy atom. The van der Waals surface area contributed by atoms with Crippen molar-refractivity contribution in [1.29, 1.82) is 0 Å². The van der Waals surface area contributed by atoms with Gasteiger partial charge in [0.1, 0.15) is 5.82 Å². The second-order valence-corrected chi connectivity index (χ2v) is 5.53. The molecule has 0 aliphatic heterocycles. The Kier molecular flexibility index (Phi) is 4.14. The van der Waals surface area contributed by atoms with Crippen LogP contribution in [-0.4, -0.2) is 20.5 Å². The van der Waals surface area contributed by atoms with E-state index in [0.29, 0.717) is 18.3 Å². The van der Waals surface area contributed by atoms with E-state index < -0.39 is 0 Å². The molecule has 6 nitrogen and oxygen atoms in total. The molecule has 2 aromatic rings. The summed E-state index contributed by atoms with van der Waals surface area (Å²) in [4.78, 5) is 12.6. The third kappa shape index (κ3) is 4.47. The number of hydrogen-bond acceptors (Lipinski definition) is 6. The fourth-order valence-corrected chi connectivity index (χ4v) is 1.57. The van der Waals surface area contributed by atoms with E-state index in [0.717, 1.165) is 5.69 Å². The number of para-hydroxylation sites is 1. The van der Waals surface area contributed by atoms with Crippen molar-refractivity contribution >= 4 is 17.6 Å². The Hall–Kier alpha value is -2.21. The topological polar surface area (TPSA) is 88.8 Å². The molecule has 0 fully saturated rings. The van der Waals surface area contributed by atoms with Crippen LogP contribution in [0.2, 0.25) is 0 Å². The molecule has 1 heterocycles. The average Bonchev–Trinajstić information content (AvgIpc) is 2.36. The van der Waals surface area contributed by atoms with Crippen LogP contribution in [0.25, 0.3) is 0 Å².